The molecule has 0 amide bonds. The van der Waals surface area contributed by atoms with E-state index in [1.807, 2.05) is 0 Å². The minimum absolute atomic E-state index is 0.0886. The summed E-state index contributed by atoms with van der Waals surface area (Å²) >= 11 is 11.8. The summed E-state index contributed by atoms with van der Waals surface area (Å²) in [6, 6.07) is 1.52. The highest BCUT2D eigenvalue weighted by molar-refractivity contribution is 7.81. The lowest BCUT2D eigenvalue weighted by atomic mass is 10.2. The fourth-order valence-electron chi connectivity index (χ4n) is 1.87. The standard InChI is InChI=1S/C11H10Cl2F3N3OS/c1-21(20)19-9(17)2-3-18(19)10-7(12)4-6(5-8(10)13)11(14,15)16/h2-5,9H,17H2,1H3. The van der Waals surface area contributed by atoms with Crippen LogP contribution in [-0.4, -0.2) is 21.0 Å². The smallest absolute Gasteiger partial charge is 0.310 e. The third-order valence-corrected chi connectivity index (χ3v) is 4.25. The Bertz CT molecular complexity index is 600. The molecule has 10 heteroatoms. The third kappa shape index (κ3) is 3.19. The molecule has 0 bridgehead atoms. The molecule has 0 saturated heterocycles. The second kappa shape index (κ2) is 5.77. The molecule has 2 atom stereocenters. The van der Waals surface area contributed by atoms with E-state index in [-0.39, 0.29) is 15.7 Å². The number of hydrazine groups is 1. The molecule has 0 radical (unpaired) electrons. The van der Waals surface area contributed by atoms with Crippen molar-refractivity contribution in [2.45, 2.75) is 12.3 Å². The van der Waals surface area contributed by atoms with Crippen LogP contribution in [0.3, 0.4) is 0 Å². The van der Waals surface area contributed by atoms with Gasteiger partial charge in [-0.05, 0) is 18.2 Å². The van der Waals surface area contributed by atoms with Gasteiger partial charge in [0.25, 0.3) is 0 Å². The van der Waals surface area contributed by atoms with E-state index in [1.54, 1.807) is 0 Å². The van der Waals surface area contributed by atoms with E-state index in [9.17, 15) is 17.4 Å². The van der Waals surface area contributed by atoms with Gasteiger partial charge in [0.15, 0.2) is 0 Å². The summed E-state index contributed by atoms with van der Waals surface area (Å²) in [4.78, 5) is 0. The monoisotopic (exact) mass is 359 g/mol. The highest BCUT2D eigenvalue weighted by atomic mass is 35.5. The Morgan fingerprint density at radius 2 is 1.81 bits per heavy atom. The molecule has 1 aromatic carbocycles. The topological polar surface area (TPSA) is 49.6 Å². The van der Waals surface area contributed by atoms with Crippen molar-refractivity contribution in [1.82, 2.24) is 4.41 Å². The van der Waals surface area contributed by atoms with Gasteiger partial charge in [0.05, 0.1) is 21.3 Å². The molecule has 1 aliphatic heterocycles. The molecule has 0 aliphatic carbocycles. The van der Waals surface area contributed by atoms with Crippen LogP contribution in [0, 0.1) is 0 Å². The summed E-state index contributed by atoms with van der Waals surface area (Å²) < 4.78 is 51.0. The second-order valence-electron chi connectivity index (χ2n) is 4.19. The molecule has 1 heterocycles. The molecule has 0 spiro atoms. The van der Waals surface area contributed by atoms with E-state index in [0.29, 0.717) is 0 Å². The maximum Gasteiger partial charge on any atom is 0.416 e. The highest BCUT2D eigenvalue weighted by Gasteiger charge is 2.35. The average Bonchev–Trinajstić information content (AvgIpc) is 2.69. The first kappa shape index (κ1) is 16.6. The van der Waals surface area contributed by atoms with Gasteiger partial charge in [0.2, 0.25) is 0 Å². The summed E-state index contributed by atoms with van der Waals surface area (Å²) in [7, 11) is -1.51. The van der Waals surface area contributed by atoms with Gasteiger partial charge >= 0.3 is 6.18 Å². The fourth-order valence-corrected chi connectivity index (χ4v) is 3.33. The third-order valence-electron chi connectivity index (χ3n) is 2.73. The van der Waals surface area contributed by atoms with Gasteiger partial charge < -0.3 is 5.73 Å². The molecular formula is C11H10Cl2F3N3OS. The minimum atomic E-state index is -4.56. The summed E-state index contributed by atoms with van der Waals surface area (Å²) in [5.41, 5.74) is 4.87. The lowest BCUT2D eigenvalue weighted by molar-refractivity contribution is -0.137. The Hall–Kier alpha value is -0.800. The maximum absolute atomic E-state index is 12.7. The first-order valence-corrected chi connectivity index (χ1v) is 7.82. The zero-order valence-corrected chi connectivity index (χ0v) is 12.9. The molecule has 2 N–H and O–H groups in total. The molecule has 0 fully saturated rings. The van der Waals surface area contributed by atoms with Gasteiger partial charge in [-0.1, -0.05) is 23.2 Å². The Morgan fingerprint density at radius 3 is 2.24 bits per heavy atom. The molecule has 0 saturated carbocycles. The van der Waals surface area contributed by atoms with Crippen molar-refractivity contribution in [2.75, 3.05) is 11.3 Å². The molecule has 2 unspecified atom stereocenters. The minimum Gasteiger partial charge on any atom is -0.310 e. The van der Waals surface area contributed by atoms with Crippen LogP contribution in [0.1, 0.15) is 5.56 Å². The van der Waals surface area contributed by atoms with E-state index >= 15 is 0 Å². The first-order valence-electron chi connectivity index (χ1n) is 5.55. The van der Waals surface area contributed by atoms with Crippen molar-refractivity contribution in [2.24, 2.45) is 5.73 Å². The van der Waals surface area contributed by atoms with Gasteiger partial charge in [-0.3, -0.25) is 5.01 Å². The van der Waals surface area contributed by atoms with E-state index < -0.39 is 28.9 Å². The van der Waals surface area contributed by atoms with Crippen LogP contribution in [0.4, 0.5) is 18.9 Å². The summed E-state index contributed by atoms with van der Waals surface area (Å²) in [6.45, 7) is 0. The van der Waals surface area contributed by atoms with Gasteiger partial charge in [0.1, 0.15) is 17.2 Å². The van der Waals surface area contributed by atoms with Gasteiger partial charge in [-0.15, -0.1) is 4.41 Å². The van der Waals surface area contributed by atoms with Gasteiger partial charge in [0, 0.05) is 12.5 Å². The maximum atomic E-state index is 12.7. The van der Waals surface area contributed by atoms with E-state index in [2.05, 4.69) is 0 Å². The molecule has 1 aliphatic rings. The molecule has 1 aromatic rings. The van der Waals surface area contributed by atoms with Crippen molar-refractivity contribution < 1.29 is 17.4 Å². The van der Waals surface area contributed by atoms with Crippen LogP contribution in [-0.2, 0) is 17.2 Å². The molecule has 21 heavy (non-hydrogen) atoms. The zero-order valence-electron chi connectivity index (χ0n) is 10.6. The summed E-state index contributed by atoms with van der Waals surface area (Å²) in [6.07, 6.45) is -0.898. The molecule has 4 nitrogen and oxygen atoms in total. The van der Waals surface area contributed by atoms with Crippen molar-refractivity contribution in [3.8, 4) is 0 Å². The van der Waals surface area contributed by atoms with Crippen LogP contribution in [0.2, 0.25) is 10.0 Å². The largest absolute Gasteiger partial charge is 0.416 e. The zero-order chi connectivity index (χ0) is 15.9. The van der Waals surface area contributed by atoms with Crippen molar-refractivity contribution in [3.05, 3.63) is 40.0 Å². The number of rotatable bonds is 2. The van der Waals surface area contributed by atoms with Crippen molar-refractivity contribution in [1.29, 1.82) is 0 Å². The van der Waals surface area contributed by atoms with E-state index in [0.717, 1.165) is 12.1 Å². The lowest BCUT2D eigenvalue weighted by Gasteiger charge is -2.30. The number of nitrogens with zero attached hydrogens (tertiary/aromatic N) is 2. The lowest BCUT2D eigenvalue weighted by Crippen LogP contribution is -2.46. The normalized spacial score (nSPS) is 21.1. The number of alkyl halides is 3. The summed E-state index contributed by atoms with van der Waals surface area (Å²) in [5.74, 6) is 0. The van der Waals surface area contributed by atoms with Crippen LogP contribution in [0.5, 0.6) is 0 Å². The van der Waals surface area contributed by atoms with Crippen molar-refractivity contribution >= 4 is 39.9 Å². The molecule has 116 valence electrons. The Balaban J connectivity index is 2.51. The fraction of sp³-hybridized carbons (Fsp3) is 0.273. The van der Waals surface area contributed by atoms with Gasteiger partial charge in [-0.25, -0.2) is 4.21 Å². The first-order chi connectivity index (χ1) is 9.62. The predicted molar refractivity (Wildman–Crippen MR) is 77.0 cm³/mol. The highest BCUT2D eigenvalue weighted by Crippen LogP contribution is 2.42. The Morgan fingerprint density at radius 1 is 1.29 bits per heavy atom. The number of hydrogen-bond donors (Lipinski definition) is 1. The summed E-state index contributed by atoms with van der Waals surface area (Å²) in [5, 5.41) is 0.846. The van der Waals surface area contributed by atoms with E-state index in [4.69, 9.17) is 28.9 Å². The Labute approximate surface area is 131 Å². The van der Waals surface area contributed by atoms with Crippen LogP contribution in [0.15, 0.2) is 24.4 Å². The van der Waals surface area contributed by atoms with Crippen LogP contribution < -0.4 is 10.7 Å². The number of nitrogens with two attached hydrogens (primary N) is 1. The predicted octanol–water partition coefficient (Wildman–Crippen LogP) is 3.14. The number of benzene rings is 1. The quantitative estimate of drug-likeness (QED) is 0.882. The second-order valence-corrected chi connectivity index (χ2v) is 6.23. The number of hydrogen-bond acceptors (Lipinski definition) is 3. The molecular weight excluding hydrogens is 350 g/mol. The molecule has 0 aromatic heterocycles. The number of anilines is 1. The number of halogens is 5. The SMILES string of the molecule is CS(=O)N1C(N)C=CN1c1c(Cl)cc(C(F)(F)F)cc1Cl. The van der Waals surface area contributed by atoms with Crippen LogP contribution >= 0.6 is 23.2 Å². The van der Waals surface area contributed by atoms with Gasteiger partial charge in [-0.2, -0.15) is 13.2 Å². The van der Waals surface area contributed by atoms with Crippen molar-refractivity contribution in [3.63, 3.8) is 0 Å². The van der Waals surface area contributed by atoms with E-state index in [1.165, 1.54) is 28.0 Å². The van der Waals surface area contributed by atoms with Crippen LogP contribution in [0.25, 0.3) is 0 Å². The Kier molecular flexibility index (Phi) is 4.55. The average molecular weight is 360 g/mol. The molecule has 2 rings (SSSR count).